The summed E-state index contributed by atoms with van der Waals surface area (Å²) in [5, 5.41) is 12.8. The number of rotatable bonds is 3. The summed E-state index contributed by atoms with van der Waals surface area (Å²) in [6, 6.07) is 5.96. The van der Waals surface area contributed by atoms with Crippen LogP contribution in [0.5, 0.6) is 0 Å². The van der Waals surface area contributed by atoms with Crippen LogP contribution in [0.15, 0.2) is 18.2 Å². The molecule has 20 heavy (non-hydrogen) atoms. The van der Waals surface area contributed by atoms with Crippen molar-refractivity contribution in [2.45, 2.75) is 32.4 Å². The van der Waals surface area contributed by atoms with E-state index in [1.54, 1.807) is 12.1 Å². The van der Waals surface area contributed by atoms with Gasteiger partial charge in [-0.1, -0.05) is 18.5 Å². The molecule has 1 aromatic rings. The Morgan fingerprint density at radius 3 is 2.80 bits per heavy atom. The minimum absolute atomic E-state index is 0.144. The van der Waals surface area contributed by atoms with Crippen molar-refractivity contribution in [3.8, 4) is 0 Å². The average molecular weight is 297 g/mol. The lowest BCUT2D eigenvalue weighted by Crippen LogP contribution is -2.48. The van der Waals surface area contributed by atoms with Crippen molar-refractivity contribution in [3.63, 3.8) is 0 Å². The first-order valence-corrected chi connectivity index (χ1v) is 7.26. The van der Waals surface area contributed by atoms with Gasteiger partial charge in [-0.25, -0.2) is 4.79 Å². The van der Waals surface area contributed by atoms with Gasteiger partial charge in [0.05, 0.1) is 10.6 Å². The number of nitrogens with one attached hydrogen (secondary N) is 1. The number of likely N-dealkylation sites (tertiary alicyclic amines) is 1. The zero-order valence-corrected chi connectivity index (χ0v) is 12.8. The zero-order chi connectivity index (χ0) is 14.9. The molecule has 1 aliphatic rings. The number of piperidine rings is 1. The Kier molecular flexibility index (Phi) is 4.55. The SMILES string of the molecule is CC1CN(C)C(C)CC1Nc1ccc(Cl)c(C(=O)O)c1. The van der Waals surface area contributed by atoms with Crippen molar-refractivity contribution < 1.29 is 9.90 Å². The van der Waals surface area contributed by atoms with Gasteiger partial charge in [-0.2, -0.15) is 0 Å². The summed E-state index contributed by atoms with van der Waals surface area (Å²) in [5.41, 5.74) is 0.964. The van der Waals surface area contributed by atoms with E-state index in [-0.39, 0.29) is 10.6 Å². The smallest absolute Gasteiger partial charge is 0.337 e. The summed E-state index contributed by atoms with van der Waals surface area (Å²) in [4.78, 5) is 13.5. The second-order valence-electron chi connectivity index (χ2n) is 5.75. The Morgan fingerprint density at radius 1 is 1.45 bits per heavy atom. The van der Waals surface area contributed by atoms with Crippen LogP contribution in [0.1, 0.15) is 30.6 Å². The highest BCUT2D eigenvalue weighted by atomic mass is 35.5. The third-order valence-corrected chi connectivity index (χ3v) is 4.49. The monoisotopic (exact) mass is 296 g/mol. The molecule has 1 fully saturated rings. The first-order valence-electron chi connectivity index (χ1n) is 6.88. The largest absolute Gasteiger partial charge is 0.478 e. The van der Waals surface area contributed by atoms with Crippen LogP contribution in [-0.4, -0.2) is 41.7 Å². The number of carboxylic acids is 1. The van der Waals surface area contributed by atoms with Crippen molar-refractivity contribution >= 4 is 23.3 Å². The summed E-state index contributed by atoms with van der Waals surface area (Å²) in [6.07, 6.45) is 1.04. The van der Waals surface area contributed by atoms with Gasteiger partial charge in [-0.05, 0) is 44.5 Å². The van der Waals surface area contributed by atoms with Crippen LogP contribution in [0.3, 0.4) is 0 Å². The van der Waals surface area contributed by atoms with E-state index < -0.39 is 5.97 Å². The van der Waals surface area contributed by atoms with Crippen LogP contribution in [0, 0.1) is 5.92 Å². The standard InChI is InChI=1S/C15H21ClN2O2/c1-9-8-18(3)10(2)6-14(9)17-11-4-5-13(16)12(7-11)15(19)20/h4-5,7,9-10,14,17H,6,8H2,1-3H3,(H,19,20). The minimum atomic E-state index is -0.997. The Labute approximate surface area is 124 Å². The molecule has 4 nitrogen and oxygen atoms in total. The maximum Gasteiger partial charge on any atom is 0.337 e. The van der Waals surface area contributed by atoms with Crippen molar-refractivity contribution in [1.29, 1.82) is 0 Å². The predicted octanol–water partition coefficient (Wildman–Crippen LogP) is 3.18. The van der Waals surface area contributed by atoms with Crippen molar-refractivity contribution in [1.82, 2.24) is 4.90 Å². The molecule has 5 heteroatoms. The van der Waals surface area contributed by atoms with Gasteiger partial charge in [-0.15, -0.1) is 0 Å². The normalized spacial score (nSPS) is 27.3. The molecular formula is C15H21ClN2O2. The van der Waals surface area contributed by atoms with Gasteiger partial charge in [0.25, 0.3) is 0 Å². The molecule has 2 rings (SSSR count). The molecule has 0 aromatic heterocycles. The molecule has 0 spiro atoms. The maximum atomic E-state index is 11.1. The summed E-state index contributed by atoms with van der Waals surface area (Å²) in [7, 11) is 2.14. The van der Waals surface area contributed by atoms with Crippen molar-refractivity contribution in [2.24, 2.45) is 5.92 Å². The number of anilines is 1. The van der Waals surface area contributed by atoms with E-state index in [4.69, 9.17) is 16.7 Å². The molecule has 1 saturated heterocycles. The second-order valence-corrected chi connectivity index (χ2v) is 6.16. The van der Waals surface area contributed by atoms with E-state index in [1.165, 1.54) is 0 Å². The molecule has 3 unspecified atom stereocenters. The number of aromatic carboxylic acids is 1. The van der Waals surface area contributed by atoms with E-state index >= 15 is 0 Å². The zero-order valence-electron chi connectivity index (χ0n) is 12.1. The molecule has 0 amide bonds. The summed E-state index contributed by atoms with van der Waals surface area (Å²) >= 11 is 5.89. The Morgan fingerprint density at radius 2 is 2.15 bits per heavy atom. The van der Waals surface area contributed by atoms with Gasteiger partial charge >= 0.3 is 5.97 Å². The molecule has 110 valence electrons. The van der Waals surface area contributed by atoms with Gasteiger partial charge in [0.15, 0.2) is 0 Å². The van der Waals surface area contributed by atoms with Gasteiger partial charge in [-0.3, -0.25) is 0 Å². The van der Waals surface area contributed by atoms with Crippen molar-refractivity contribution in [3.05, 3.63) is 28.8 Å². The molecule has 1 aromatic carbocycles. The average Bonchev–Trinajstić information content (AvgIpc) is 2.37. The lowest BCUT2D eigenvalue weighted by molar-refractivity contribution is 0.0697. The molecule has 0 bridgehead atoms. The van der Waals surface area contributed by atoms with Gasteiger partial charge < -0.3 is 15.3 Å². The van der Waals surface area contributed by atoms with Crippen LogP contribution >= 0.6 is 11.6 Å². The molecule has 1 aliphatic heterocycles. The maximum absolute atomic E-state index is 11.1. The number of halogens is 1. The van der Waals surface area contributed by atoms with Crippen LogP contribution in [-0.2, 0) is 0 Å². The van der Waals surface area contributed by atoms with Crippen molar-refractivity contribution in [2.75, 3.05) is 18.9 Å². The van der Waals surface area contributed by atoms with E-state index in [1.807, 2.05) is 6.07 Å². The molecule has 3 atom stereocenters. The minimum Gasteiger partial charge on any atom is -0.478 e. The molecule has 0 aliphatic carbocycles. The van der Waals surface area contributed by atoms with E-state index in [2.05, 4.69) is 31.1 Å². The number of nitrogens with zero attached hydrogens (tertiary/aromatic N) is 1. The van der Waals surface area contributed by atoms with Gasteiger partial charge in [0, 0.05) is 24.3 Å². The molecule has 2 N–H and O–H groups in total. The number of carboxylic acid groups (broad SMARTS) is 1. The predicted molar refractivity (Wildman–Crippen MR) is 81.7 cm³/mol. The molecule has 0 saturated carbocycles. The second kappa shape index (κ2) is 6.02. The lowest BCUT2D eigenvalue weighted by atomic mass is 9.89. The molecule has 1 heterocycles. The quantitative estimate of drug-likeness (QED) is 0.899. The van der Waals surface area contributed by atoms with E-state index in [9.17, 15) is 4.79 Å². The van der Waals surface area contributed by atoms with Gasteiger partial charge in [0.2, 0.25) is 0 Å². The number of benzene rings is 1. The fourth-order valence-electron chi connectivity index (χ4n) is 2.74. The fraction of sp³-hybridized carbons (Fsp3) is 0.533. The Hall–Kier alpha value is -1.26. The van der Waals surface area contributed by atoms with Crippen LogP contribution < -0.4 is 5.32 Å². The number of hydrogen-bond donors (Lipinski definition) is 2. The van der Waals surface area contributed by atoms with Crippen LogP contribution in [0.25, 0.3) is 0 Å². The Bertz CT molecular complexity index is 507. The first kappa shape index (κ1) is 15.1. The lowest BCUT2D eigenvalue weighted by Gasteiger charge is -2.40. The number of carbonyl (C=O) groups is 1. The highest BCUT2D eigenvalue weighted by molar-refractivity contribution is 6.33. The topological polar surface area (TPSA) is 52.6 Å². The highest BCUT2D eigenvalue weighted by Crippen LogP contribution is 2.26. The molecular weight excluding hydrogens is 276 g/mol. The summed E-state index contributed by atoms with van der Waals surface area (Å²) in [6.45, 7) is 5.47. The van der Waals surface area contributed by atoms with E-state index in [0.717, 1.165) is 18.7 Å². The van der Waals surface area contributed by atoms with E-state index in [0.29, 0.717) is 18.0 Å². The first-order chi connectivity index (χ1) is 9.38. The fourth-order valence-corrected chi connectivity index (χ4v) is 2.93. The van der Waals surface area contributed by atoms with Crippen LogP contribution in [0.4, 0.5) is 5.69 Å². The Balaban J connectivity index is 2.14. The third-order valence-electron chi connectivity index (χ3n) is 4.16. The molecule has 0 radical (unpaired) electrons. The number of hydrogen-bond acceptors (Lipinski definition) is 3. The summed E-state index contributed by atoms with van der Waals surface area (Å²) in [5.74, 6) is -0.483. The highest BCUT2D eigenvalue weighted by Gasteiger charge is 2.28. The van der Waals surface area contributed by atoms with Gasteiger partial charge in [0.1, 0.15) is 0 Å². The summed E-state index contributed by atoms with van der Waals surface area (Å²) < 4.78 is 0. The third kappa shape index (κ3) is 3.25. The van der Waals surface area contributed by atoms with Crippen LogP contribution in [0.2, 0.25) is 5.02 Å².